The van der Waals surface area contributed by atoms with Gasteiger partial charge in [-0.25, -0.2) is 4.79 Å². The highest BCUT2D eigenvalue weighted by atomic mass is 16.4. The van der Waals surface area contributed by atoms with Gasteiger partial charge in [-0.3, -0.25) is 4.98 Å². The summed E-state index contributed by atoms with van der Waals surface area (Å²) < 4.78 is 1.92. The highest BCUT2D eigenvalue weighted by Gasteiger charge is 2.20. The number of aromatic carboxylic acids is 1. The fraction of sp³-hybridized carbons (Fsp3) is 0.417. The van der Waals surface area contributed by atoms with Crippen LogP contribution in [0, 0.1) is 6.92 Å². The highest BCUT2D eigenvalue weighted by molar-refractivity contribution is 5.96. The van der Waals surface area contributed by atoms with Crippen LogP contribution >= 0.6 is 0 Å². The second-order valence-electron chi connectivity index (χ2n) is 8.66. The zero-order chi connectivity index (χ0) is 21.4. The van der Waals surface area contributed by atoms with E-state index in [1.807, 2.05) is 16.8 Å². The molecule has 30 heavy (non-hydrogen) atoms. The lowest BCUT2D eigenvalue weighted by atomic mass is 9.98. The van der Waals surface area contributed by atoms with Crippen LogP contribution in [0.15, 0.2) is 36.5 Å². The van der Waals surface area contributed by atoms with Crippen molar-refractivity contribution in [1.82, 2.24) is 14.5 Å². The number of carbonyl (C=O) groups is 1. The Morgan fingerprint density at radius 2 is 1.87 bits per heavy atom. The number of benzene rings is 1. The predicted octanol–water partition coefficient (Wildman–Crippen LogP) is 3.97. The Morgan fingerprint density at radius 1 is 1.13 bits per heavy atom. The van der Waals surface area contributed by atoms with E-state index in [1.54, 1.807) is 6.07 Å². The van der Waals surface area contributed by atoms with Crippen LogP contribution in [-0.4, -0.2) is 58.8 Å². The van der Waals surface area contributed by atoms with E-state index in [0.29, 0.717) is 18.2 Å². The largest absolute Gasteiger partial charge is 0.477 e. The quantitative estimate of drug-likeness (QED) is 0.695. The lowest BCUT2D eigenvalue weighted by Crippen LogP contribution is -2.44. The maximum atomic E-state index is 12.0. The molecule has 1 aromatic carbocycles. The third-order valence-corrected chi connectivity index (χ3v) is 6.00. The van der Waals surface area contributed by atoms with Crippen molar-refractivity contribution in [2.75, 3.05) is 38.1 Å². The standard InChI is InChI=1S/C24H30N4O2/c1-16(2)21-12-17(3)11-18-13-22(24(29)30)28(23(18)21)15-19-14-20(5-6-25-19)27-9-7-26(4)8-10-27/h5-6,11-14,16H,7-10,15H2,1-4H3,(H,29,30). The molecule has 158 valence electrons. The molecule has 6 heteroatoms. The van der Waals surface area contributed by atoms with E-state index in [4.69, 9.17) is 0 Å². The van der Waals surface area contributed by atoms with Crippen LogP contribution in [0.1, 0.15) is 47.1 Å². The van der Waals surface area contributed by atoms with Crippen LogP contribution in [0.25, 0.3) is 10.9 Å². The van der Waals surface area contributed by atoms with Crippen LogP contribution in [0.2, 0.25) is 0 Å². The minimum absolute atomic E-state index is 0.298. The van der Waals surface area contributed by atoms with Gasteiger partial charge in [-0.1, -0.05) is 25.5 Å². The smallest absolute Gasteiger partial charge is 0.352 e. The predicted molar refractivity (Wildman–Crippen MR) is 121 cm³/mol. The lowest BCUT2D eigenvalue weighted by molar-refractivity contribution is 0.0686. The van der Waals surface area contributed by atoms with E-state index < -0.39 is 5.97 Å². The molecule has 0 saturated carbocycles. The molecule has 1 aliphatic heterocycles. The Labute approximate surface area is 177 Å². The number of hydrogen-bond donors (Lipinski definition) is 1. The normalized spacial score (nSPS) is 15.3. The monoisotopic (exact) mass is 406 g/mol. The van der Waals surface area contributed by atoms with E-state index in [9.17, 15) is 9.90 Å². The summed E-state index contributed by atoms with van der Waals surface area (Å²) in [7, 11) is 2.15. The van der Waals surface area contributed by atoms with Crippen molar-refractivity contribution >= 4 is 22.6 Å². The van der Waals surface area contributed by atoms with Crippen molar-refractivity contribution in [3.05, 3.63) is 59.0 Å². The van der Waals surface area contributed by atoms with Crippen molar-refractivity contribution in [1.29, 1.82) is 0 Å². The molecule has 1 aliphatic rings. The van der Waals surface area contributed by atoms with E-state index in [0.717, 1.165) is 54.0 Å². The number of carboxylic acid groups (broad SMARTS) is 1. The SMILES string of the molecule is Cc1cc(C(C)C)c2c(c1)cc(C(=O)O)n2Cc1cc(N2CCN(C)CC2)ccn1. The van der Waals surface area contributed by atoms with Gasteiger partial charge in [0.15, 0.2) is 0 Å². The number of carboxylic acids is 1. The Hall–Kier alpha value is -2.86. The number of nitrogens with zero attached hydrogens (tertiary/aromatic N) is 4. The van der Waals surface area contributed by atoms with Gasteiger partial charge < -0.3 is 19.5 Å². The Morgan fingerprint density at radius 3 is 2.53 bits per heavy atom. The third-order valence-electron chi connectivity index (χ3n) is 6.00. The van der Waals surface area contributed by atoms with Crippen LogP contribution in [0.3, 0.4) is 0 Å². The second-order valence-corrected chi connectivity index (χ2v) is 8.66. The van der Waals surface area contributed by atoms with Gasteiger partial charge in [-0.2, -0.15) is 0 Å². The molecule has 4 rings (SSSR count). The number of aromatic nitrogens is 2. The summed E-state index contributed by atoms with van der Waals surface area (Å²) in [6, 6.07) is 10.2. The van der Waals surface area contributed by atoms with Crippen LogP contribution in [-0.2, 0) is 6.54 Å². The molecule has 0 aliphatic carbocycles. The number of piperazine rings is 1. The van der Waals surface area contributed by atoms with Crippen molar-refractivity contribution in [2.45, 2.75) is 33.2 Å². The second kappa shape index (κ2) is 8.11. The first-order chi connectivity index (χ1) is 14.3. The number of rotatable bonds is 5. The van der Waals surface area contributed by atoms with Crippen LogP contribution < -0.4 is 4.90 Å². The minimum atomic E-state index is -0.909. The maximum absolute atomic E-state index is 12.0. The molecule has 6 nitrogen and oxygen atoms in total. The molecule has 0 atom stereocenters. The Bertz CT molecular complexity index is 1080. The number of anilines is 1. The molecule has 3 heterocycles. The van der Waals surface area contributed by atoms with Gasteiger partial charge in [-0.15, -0.1) is 0 Å². The summed E-state index contributed by atoms with van der Waals surface area (Å²) in [4.78, 5) is 21.3. The van der Waals surface area contributed by atoms with Gasteiger partial charge in [0, 0.05) is 43.4 Å². The minimum Gasteiger partial charge on any atom is -0.477 e. The summed E-state index contributed by atoms with van der Waals surface area (Å²) in [6.07, 6.45) is 1.84. The van der Waals surface area contributed by atoms with Crippen molar-refractivity contribution < 1.29 is 9.90 Å². The molecule has 2 aromatic heterocycles. The molecule has 0 amide bonds. The zero-order valence-corrected chi connectivity index (χ0v) is 18.2. The molecule has 1 fully saturated rings. The maximum Gasteiger partial charge on any atom is 0.352 e. The fourth-order valence-corrected chi connectivity index (χ4v) is 4.36. The topological polar surface area (TPSA) is 61.6 Å². The average Bonchev–Trinajstić information content (AvgIpc) is 3.06. The summed E-state index contributed by atoms with van der Waals surface area (Å²) >= 11 is 0. The van der Waals surface area contributed by atoms with Crippen LogP contribution in [0.4, 0.5) is 5.69 Å². The average molecular weight is 407 g/mol. The number of aryl methyl sites for hydroxylation is 1. The van der Waals surface area contributed by atoms with Crippen molar-refractivity contribution in [3.63, 3.8) is 0 Å². The fourth-order valence-electron chi connectivity index (χ4n) is 4.36. The highest BCUT2D eigenvalue weighted by Crippen LogP contribution is 2.31. The summed E-state index contributed by atoms with van der Waals surface area (Å²) in [5, 5.41) is 10.9. The van der Waals surface area contributed by atoms with Gasteiger partial charge >= 0.3 is 5.97 Å². The van der Waals surface area contributed by atoms with Gasteiger partial charge in [0.25, 0.3) is 0 Å². The first-order valence-corrected chi connectivity index (χ1v) is 10.6. The van der Waals surface area contributed by atoms with Gasteiger partial charge in [0.05, 0.1) is 17.8 Å². The van der Waals surface area contributed by atoms with Crippen molar-refractivity contribution in [3.8, 4) is 0 Å². The zero-order valence-electron chi connectivity index (χ0n) is 18.2. The molecule has 1 saturated heterocycles. The van der Waals surface area contributed by atoms with E-state index >= 15 is 0 Å². The Balaban J connectivity index is 1.76. The summed E-state index contributed by atoms with van der Waals surface area (Å²) in [6.45, 7) is 10.9. The van der Waals surface area contributed by atoms with Crippen LogP contribution in [0.5, 0.6) is 0 Å². The third kappa shape index (κ3) is 3.92. The lowest BCUT2D eigenvalue weighted by Gasteiger charge is -2.34. The van der Waals surface area contributed by atoms with Gasteiger partial charge in [0.2, 0.25) is 0 Å². The molecule has 0 bridgehead atoms. The molecule has 0 spiro atoms. The first-order valence-electron chi connectivity index (χ1n) is 10.6. The van der Waals surface area contributed by atoms with Crippen molar-refractivity contribution in [2.24, 2.45) is 0 Å². The van der Waals surface area contributed by atoms with E-state index in [-0.39, 0.29) is 0 Å². The number of fused-ring (bicyclic) bond motifs is 1. The summed E-state index contributed by atoms with van der Waals surface area (Å²) in [5.41, 5.74) is 5.66. The first kappa shape index (κ1) is 20.4. The Kier molecular flexibility index (Phi) is 5.52. The molecule has 0 unspecified atom stereocenters. The van der Waals surface area contributed by atoms with Gasteiger partial charge in [-0.05, 0) is 49.7 Å². The number of pyridine rings is 1. The molecular formula is C24H30N4O2. The van der Waals surface area contributed by atoms with Gasteiger partial charge in [0.1, 0.15) is 5.69 Å². The van der Waals surface area contributed by atoms with E-state index in [1.165, 1.54) is 5.56 Å². The molecular weight excluding hydrogens is 376 g/mol. The molecule has 1 N–H and O–H groups in total. The summed E-state index contributed by atoms with van der Waals surface area (Å²) in [5.74, 6) is -0.610. The van der Waals surface area contributed by atoms with E-state index in [2.05, 4.69) is 60.8 Å². The molecule has 3 aromatic rings. The number of hydrogen-bond acceptors (Lipinski definition) is 4. The number of likely N-dealkylation sites (N-methyl/N-ethyl adjacent to an activating group) is 1. The molecule has 0 radical (unpaired) electrons.